The summed E-state index contributed by atoms with van der Waals surface area (Å²) < 4.78 is 38.0. The predicted octanol–water partition coefficient (Wildman–Crippen LogP) is 6.71. The second-order valence-electron chi connectivity index (χ2n) is 7.78. The highest BCUT2D eigenvalue weighted by molar-refractivity contribution is 6.09. The molecule has 0 radical (unpaired) electrons. The molecule has 28 heavy (non-hydrogen) atoms. The van der Waals surface area contributed by atoms with Gasteiger partial charge in [0.1, 0.15) is 5.84 Å². The molecule has 0 saturated carbocycles. The van der Waals surface area contributed by atoms with Gasteiger partial charge in [-0.25, -0.2) is 4.99 Å². The molecule has 1 rings (SSSR count). The van der Waals surface area contributed by atoms with E-state index in [1.165, 1.54) is 0 Å². The summed E-state index contributed by atoms with van der Waals surface area (Å²) in [4.78, 5) is 9.01. The zero-order chi connectivity index (χ0) is 21.5. The second-order valence-corrected chi connectivity index (χ2v) is 7.78. The molecule has 1 aliphatic heterocycles. The van der Waals surface area contributed by atoms with Crippen molar-refractivity contribution in [3.05, 3.63) is 34.9 Å². The summed E-state index contributed by atoms with van der Waals surface area (Å²) in [5.41, 5.74) is 2.99. The van der Waals surface area contributed by atoms with E-state index in [1.54, 1.807) is 19.9 Å². The number of amidine groups is 1. The monoisotopic (exact) mass is 392 g/mol. The van der Waals surface area contributed by atoms with Crippen LogP contribution in [0, 0.1) is 23.7 Å². The Balaban J connectivity index is 3.01. The van der Waals surface area contributed by atoms with Crippen LogP contribution in [-0.4, -0.2) is 24.3 Å². The number of rotatable bonds is 7. The number of halogens is 3. The second kappa shape index (κ2) is 9.91. The van der Waals surface area contributed by atoms with Gasteiger partial charge in [0.05, 0.1) is 0 Å². The highest BCUT2D eigenvalue weighted by Gasteiger charge is 2.30. The molecular formula is C23H31F3N2. The SMILES string of the molecule is C#CC(C)(C)/C(=C\C=C(/C)CC1=CC(C)C(=NCC)N=C1C)CCC(F)(F)F. The highest BCUT2D eigenvalue weighted by atomic mass is 19.4. The Labute approximate surface area is 167 Å². The molecule has 154 valence electrons. The Bertz CT molecular complexity index is 754. The van der Waals surface area contributed by atoms with Crippen LogP contribution >= 0.6 is 0 Å². The molecule has 0 aromatic carbocycles. The van der Waals surface area contributed by atoms with Gasteiger partial charge in [0.25, 0.3) is 0 Å². The zero-order valence-corrected chi connectivity index (χ0v) is 17.7. The zero-order valence-electron chi connectivity index (χ0n) is 17.7. The summed E-state index contributed by atoms with van der Waals surface area (Å²) in [6.45, 7) is 12.2. The molecule has 0 saturated heterocycles. The van der Waals surface area contributed by atoms with Gasteiger partial charge in [-0.2, -0.15) is 13.2 Å². The minimum atomic E-state index is -4.20. The lowest BCUT2D eigenvalue weighted by Gasteiger charge is -2.23. The number of dihydropyridines is 1. The van der Waals surface area contributed by atoms with Crippen LogP contribution in [0.15, 0.2) is 44.9 Å². The fraction of sp³-hybridized carbons (Fsp3) is 0.565. The highest BCUT2D eigenvalue weighted by Crippen LogP contribution is 2.33. The van der Waals surface area contributed by atoms with E-state index in [2.05, 4.69) is 28.9 Å². The minimum Gasteiger partial charge on any atom is -0.270 e. The van der Waals surface area contributed by atoms with Gasteiger partial charge in [0.2, 0.25) is 0 Å². The summed E-state index contributed by atoms with van der Waals surface area (Å²) in [6.07, 6.45) is 6.86. The molecule has 1 unspecified atom stereocenters. The molecule has 0 spiro atoms. The lowest BCUT2D eigenvalue weighted by molar-refractivity contribution is -0.134. The molecule has 0 aromatic heterocycles. The molecule has 1 heterocycles. The smallest absolute Gasteiger partial charge is 0.270 e. The maximum absolute atomic E-state index is 12.7. The Morgan fingerprint density at radius 3 is 2.50 bits per heavy atom. The fourth-order valence-corrected chi connectivity index (χ4v) is 2.95. The number of hydrogen-bond donors (Lipinski definition) is 0. The van der Waals surface area contributed by atoms with Crippen molar-refractivity contribution in [1.29, 1.82) is 0 Å². The van der Waals surface area contributed by atoms with Gasteiger partial charge in [-0.15, -0.1) is 6.42 Å². The normalized spacial score (nSPS) is 20.7. The lowest BCUT2D eigenvalue weighted by Crippen LogP contribution is -2.17. The van der Waals surface area contributed by atoms with Gasteiger partial charge < -0.3 is 0 Å². The molecule has 5 heteroatoms. The van der Waals surface area contributed by atoms with Crippen LogP contribution in [0.25, 0.3) is 0 Å². The summed E-state index contributed by atoms with van der Waals surface area (Å²) in [7, 11) is 0. The van der Waals surface area contributed by atoms with Crippen molar-refractivity contribution in [3.63, 3.8) is 0 Å². The summed E-state index contributed by atoms with van der Waals surface area (Å²) in [5.74, 6) is 3.60. The Hall–Kier alpha value is -2.09. The average Bonchev–Trinajstić information content (AvgIpc) is 2.58. The van der Waals surface area contributed by atoms with Gasteiger partial charge in [-0.3, -0.25) is 4.99 Å². The minimum absolute atomic E-state index is 0.0957. The molecule has 0 aliphatic carbocycles. The summed E-state index contributed by atoms with van der Waals surface area (Å²) in [5, 5.41) is 0. The summed E-state index contributed by atoms with van der Waals surface area (Å²) >= 11 is 0. The Morgan fingerprint density at radius 2 is 1.96 bits per heavy atom. The third-order valence-electron chi connectivity index (χ3n) is 4.81. The van der Waals surface area contributed by atoms with Crippen LogP contribution in [0.5, 0.6) is 0 Å². The van der Waals surface area contributed by atoms with Crippen molar-refractivity contribution in [2.45, 2.75) is 67.0 Å². The quantitative estimate of drug-likeness (QED) is 0.340. The molecule has 0 bridgehead atoms. The van der Waals surface area contributed by atoms with Crippen LogP contribution < -0.4 is 0 Å². The third kappa shape index (κ3) is 7.50. The fourth-order valence-electron chi connectivity index (χ4n) is 2.95. The summed E-state index contributed by atoms with van der Waals surface area (Å²) in [6, 6.07) is 0. The van der Waals surface area contributed by atoms with Gasteiger partial charge in [-0.05, 0) is 53.0 Å². The number of aliphatic imine (C=N–C) groups is 2. The molecular weight excluding hydrogens is 361 g/mol. The van der Waals surface area contributed by atoms with Crippen molar-refractivity contribution in [2.24, 2.45) is 21.3 Å². The van der Waals surface area contributed by atoms with Gasteiger partial charge in [0.15, 0.2) is 0 Å². The van der Waals surface area contributed by atoms with E-state index in [4.69, 9.17) is 6.42 Å². The number of terminal acetylenes is 1. The Kier molecular flexibility index (Phi) is 8.48. The van der Waals surface area contributed by atoms with Crippen LogP contribution in [0.4, 0.5) is 13.2 Å². The standard InChI is InChI=1S/C23H31F3N2/c1-8-22(6,7)20(12-13-23(24,25)26)11-10-16(3)14-19-15-17(4)21(27-9-2)28-18(19)5/h1,10-11,15,17H,9,12-14H2,2-7H3/b16-10+,20-11-,27-21?. The predicted molar refractivity (Wildman–Crippen MR) is 113 cm³/mol. The number of allylic oxidation sites excluding steroid dienone is 5. The van der Waals surface area contributed by atoms with E-state index >= 15 is 0 Å². The third-order valence-corrected chi connectivity index (χ3v) is 4.81. The van der Waals surface area contributed by atoms with Crippen molar-refractivity contribution < 1.29 is 13.2 Å². The Morgan fingerprint density at radius 1 is 1.32 bits per heavy atom. The van der Waals surface area contributed by atoms with E-state index < -0.39 is 18.0 Å². The maximum atomic E-state index is 12.7. The molecule has 0 amide bonds. The first-order valence-corrected chi connectivity index (χ1v) is 9.61. The molecule has 1 atom stereocenters. The van der Waals surface area contributed by atoms with Crippen LogP contribution in [0.3, 0.4) is 0 Å². The van der Waals surface area contributed by atoms with E-state index in [1.807, 2.05) is 26.8 Å². The molecule has 0 N–H and O–H groups in total. The van der Waals surface area contributed by atoms with E-state index in [0.717, 1.165) is 22.7 Å². The first-order valence-electron chi connectivity index (χ1n) is 9.61. The number of alkyl halides is 3. The van der Waals surface area contributed by atoms with Crippen LogP contribution in [-0.2, 0) is 0 Å². The van der Waals surface area contributed by atoms with Crippen LogP contribution in [0.2, 0.25) is 0 Å². The lowest BCUT2D eigenvalue weighted by atomic mass is 9.82. The first kappa shape index (κ1) is 23.9. The van der Waals surface area contributed by atoms with E-state index in [0.29, 0.717) is 18.5 Å². The van der Waals surface area contributed by atoms with Gasteiger partial charge >= 0.3 is 6.18 Å². The van der Waals surface area contributed by atoms with E-state index in [-0.39, 0.29) is 12.3 Å². The number of nitrogens with zero attached hydrogens (tertiary/aromatic N) is 2. The molecule has 0 aromatic rings. The topological polar surface area (TPSA) is 24.7 Å². The largest absolute Gasteiger partial charge is 0.389 e. The van der Waals surface area contributed by atoms with Crippen molar-refractivity contribution in [1.82, 2.24) is 0 Å². The van der Waals surface area contributed by atoms with Crippen molar-refractivity contribution in [3.8, 4) is 12.3 Å². The molecule has 2 nitrogen and oxygen atoms in total. The molecule has 1 aliphatic rings. The van der Waals surface area contributed by atoms with Crippen molar-refractivity contribution >= 4 is 11.5 Å². The van der Waals surface area contributed by atoms with Gasteiger partial charge in [-0.1, -0.05) is 42.2 Å². The van der Waals surface area contributed by atoms with Crippen LogP contribution in [0.1, 0.15) is 60.8 Å². The average molecular weight is 393 g/mol. The molecule has 0 fully saturated rings. The maximum Gasteiger partial charge on any atom is 0.389 e. The van der Waals surface area contributed by atoms with Gasteiger partial charge in [0, 0.05) is 30.0 Å². The van der Waals surface area contributed by atoms with E-state index in [9.17, 15) is 13.2 Å². The number of hydrogen-bond acceptors (Lipinski definition) is 1. The van der Waals surface area contributed by atoms with Crippen molar-refractivity contribution in [2.75, 3.05) is 6.54 Å². The first-order chi connectivity index (χ1) is 12.9.